The van der Waals surface area contributed by atoms with Crippen LogP contribution in [0, 0.1) is 13.8 Å². The van der Waals surface area contributed by atoms with Crippen molar-refractivity contribution in [2.24, 2.45) is 0 Å². The summed E-state index contributed by atoms with van der Waals surface area (Å²) >= 11 is 4.54. The Morgan fingerprint density at radius 3 is 2.44 bits per heavy atom. The average molecular weight is 511 g/mol. The molecule has 0 saturated heterocycles. The number of para-hydroxylation sites is 2. The highest BCUT2D eigenvalue weighted by Gasteiger charge is 2.20. The van der Waals surface area contributed by atoms with Crippen molar-refractivity contribution in [3.8, 4) is 0 Å². The van der Waals surface area contributed by atoms with Crippen LogP contribution >= 0.6 is 27.3 Å². The number of hydrogen-bond donors (Lipinski definition) is 2. The van der Waals surface area contributed by atoms with Crippen molar-refractivity contribution in [2.45, 2.75) is 20.4 Å². The van der Waals surface area contributed by atoms with Gasteiger partial charge in [-0.3, -0.25) is 19.0 Å². The molecule has 32 heavy (non-hydrogen) atoms. The number of benzene rings is 2. The molecule has 0 spiro atoms. The van der Waals surface area contributed by atoms with Crippen molar-refractivity contribution in [1.82, 2.24) is 9.55 Å². The largest absolute Gasteiger partial charge is 0.324 e. The highest BCUT2D eigenvalue weighted by Crippen LogP contribution is 2.28. The molecule has 162 valence electrons. The first kappa shape index (κ1) is 21.9. The maximum Gasteiger partial charge on any atom is 0.266 e. The lowest BCUT2D eigenvalue weighted by atomic mass is 10.2. The second-order valence-electron chi connectivity index (χ2n) is 7.21. The van der Waals surface area contributed by atoms with Gasteiger partial charge in [0.15, 0.2) is 0 Å². The molecule has 0 unspecified atom stereocenters. The summed E-state index contributed by atoms with van der Waals surface area (Å²) in [6, 6.07) is 14.7. The van der Waals surface area contributed by atoms with Crippen molar-refractivity contribution >= 4 is 60.7 Å². The monoisotopic (exact) mass is 510 g/mol. The molecule has 2 aromatic carbocycles. The molecule has 0 aliphatic heterocycles. The fourth-order valence-corrected chi connectivity index (χ4v) is 4.71. The lowest BCUT2D eigenvalue weighted by molar-refractivity contribution is -0.116. The maximum absolute atomic E-state index is 13.1. The first-order valence-corrected chi connectivity index (χ1v) is 11.4. The second kappa shape index (κ2) is 9.05. The predicted molar refractivity (Wildman–Crippen MR) is 131 cm³/mol. The number of fused-ring (bicyclic) bond motifs is 1. The van der Waals surface area contributed by atoms with E-state index >= 15 is 0 Å². The number of aryl methyl sites for hydroxylation is 2. The van der Waals surface area contributed by atoms with Gasteiger partial charge in [-0.25, -0.2) is 4.98 Å². The van der Waals surface area contributed by atoms with Crippen LogP contribution in [0.15, 0.2) is 64.1 Å². The maximum atomic E-state index is 13.1. The third-order valence-corrected chi connectivity index (χ3v) is 6.87. The predicted octanol–water partition coefficient (Wildman–Crippen LogP) is 4.73. The molecule has 2 heterocycles. The molecule has 7 nitrogen and oxygen atoms in total. The molecule has 4 rings (SSSR count). The summed E-state index contributed by atoms with van der Waals surface area (Å²) in [5.74, 6) is -0.650. The number of amides is 2. The van der Waals surface area contributed by atoms with Gasteiger partial charge in [0.1, 0.15) is 11.4 Å². The Labute approximate surface area is 196 Å². The fraction of sp³-hybridized carbons (Fsp3) is 0.130. The molecule has 0 saturated carbocycles. The van der Waals surface area contributed by atoms with E-state index in [0.29, 0.717) is 32.0 Å². The van der Waals surface area contributed by atoms with Gasteiger partial charge in [0.2, 0.25) is 5.91 Å². The Morgan fingerprint density at radius 1 is 1.03 bits per heavy atom. The quantitative estimate of drug-likeness (QED) is 0.405. The fourth-order valence-electron chi connectivity index (χ4n) is 3.29. The van der Waals surface area contributed by atoms with Crippen LogP contribution in [0.1, 0.15) is 20.8 Å². The number of anilines is 2. The van der Waals surface area contributed by atoms with E-state index in [0.717, 1.165) is 21.4 Å². The van der Waals surface area contributed by atoms with Crippen LogP contribution in [0.3, 0.4) is 0 Å². The summed E-state index contributed by atoms with van der Waals surface area (Å²) < 4.78 is 1.99. The molecular formula is C23H19BrN4O3S. The molecule has 4 aromatic rings. The number of halogens is 1. The van der Waals surface area contributed by atoms with Crippen molar-refractivity contribution in [2.75, 3.05) is 10.6 Å². The van der Waals surface area contributed by atoms with E-state index in [-0.39, 0.29) is 23.9 Å². The normalized spacial score (nSPS) is 10.8. The van der Waals surface area contributed by atoms with E-state index in [1.807, 2.05) is 43.3 Å². The summed E-state index contributed by atoms with van der Waals surface area (Å²) in [5.41, 5.74) is 2.45. The van der Waals surface area contributed by atoms with Crippen LogP contribution in [-0.4, -0.2) is 21.4 Å². The molecule has 0 bridgehead atoms. The number of aromatic nitrogens is 2. The number of rotatable bonds is 5. The summed E-state index contributed by atoms with van der Waals surface area (Å²) in [6.45, 7) is 3.44. The van der Waals surface area contributed by atoms with Gasteiger partial charge in [-0.1, -0.05) is 30.3 Å². The van der Waals surface area contributed by atoms with Crippen LogP contribution in [0.2, 0.25) is 0 Å². The minimum atomic E-state index is -0.360. The van der Waals surface area contributed by atoms with Gasteiger partial charge < -0.3 is 10.6 Å². The zero-order chi connectivity index (χ0) is 22.8. The first-order chi connectivity index (χ1) is 15.3. The van der Waals surface area contributed by atoms with Crippen LogP contribution in [0.4, 0.5) is 11.4 Å². The van der Waals surface area contributed by atoms with Crippen molar-refractivity contribution in [3.63, 3.8) is 0 Å². The SMILES string of the molecule is Cc1ccccc1NC(=O)c1sc2ncn(CC(=O)Nc3ccccc3Br)c(=O)c2c1C. The van der Waals surface area contributed by atoms with Gasteiger partial charge in [0, 0.05) is 10.2 Å². The Kier molecular flexibility index (Phi) is 6.20. The lowest BCUT2D eigenvalue weighted by Gasteiger charge is -2.09. The van der Waals surface area contributed by atoms with E-state index in [1.165, 1.54) is 10.9 Å². The molecule has 2 aromatic heterocycles. The molecule has 0 aliphatic rings. The molecule has 0 radical (unpaired) electrons. The van der Waals surface area contributed by atoms with Crippen LogP contribution in [0.5, 0.6) is 0 Å². The van der Waals surface area contributed by atoms with Crippen LogP contribution in [-0.2, 0) is 11.3 Å². The van der Waals surface area contributed by atoms with Crippen molar-refractivity contribution in [3.05, 3.63) is 85.7 Å². The summed E-state index contributed by atoms with van der Waals surface area (Å²) in [6.07, 6.45) is 1.34. The number of nitrogens with zero attached hydrogens (tertiary/aromatic N) is 2. The molecule has 0 atom stereocenters. The van der Waals surface area contributed by atoms with Gasteiger partial charge in [-0.2, -0.15) is 0 Å². The summed E-state index contributed by atoms with van der Waals surface area (Å²) in [4.78, 5) is 43.6. The van der Waals surface area contributed by atoms with Gasteiger partial charge in [-0.05, 0) is 59.1 Å². The minimum Gasteiger partial charge on any atom is -0.324 e. The smallest absolute Gasteiger partial charge is 0.266 e. The lowest BCUT2D eigenvalue weighted by Crippen LogP contribution is -2.28. The summed E-state index contributed by atoms with van der Waals surface area (Å²) in [5, 5.41) is 6.01. The topological polar surface area (TPSA) is 93.1 Å². The van der Waals surface area contributed by atoms with Gasteiger partial charge in [0.05, 0.1) is 22.3 Å². The van der Waals surface area contributed by atoms with Crippen LogP contribution < -0.4 is 16.2 Å². The van der Waals surface area contributed by atoms with E-state index in [2.05, 4.69) is 31.5 Å². The Morgan fingerprint density at radius 2 is 1.72 bits per heavy atom. The third-order valence-electron chi connectivity index (χ3n) is 4.98. The Hall–Kier alpha value is -3.30. The highest BCUT2D eigenvalue weighted by molar-refractivity contribution is 9.10. The molecule has 2 amide bonds. The number of carbonyl (C=O) groups is 2. The van der Waals surface area contributed by atoms with E-state index < -0.39 is 0 Å². The van der Waals surface area contributed by atoms with Gasteiger partial charge >= 0.3 is 0 Å². The molecular weight excluding hydrogens is 492 g/mol. The van der Waals surface area contributed by atoms with Crippen molar-refractivity contribution in [1.29, 1.82) is 0 Å². The summed E-state index contributed by atoms with van der Waals surface area (Å²) in [7, 11) is 0. The molecule has 2 N–H and O–H groups in total. The van der Waals surface area contributed by atoms with E-state index in [4.69, 9.17) is 0 Å². The van der Waals surface area contributed by atoms with E-state index in [1.54, 1.807) is 19.1 Å². The standard InChI is InChI=1S/C23H19BrN4O3S/c1-13-7-3-5-9-16(13)27-21(30)20-14(2)19-22(32-20)25-12-28(23(19)31)11-18(29)26-17-10-6-4-8-15(17)24/h3-10,12H,11H2,1-2H3,(H,26,29)(H,27,30). The van der Waals surface area contributed by atoms with E-state index in [9.17, 15) is 14.4 Å². The molecule has 0 fully saturated rings. The molecule has 0 aliphatic carbocycles. The van der Waals surface area contributed by atoms with Gasteiger partial charge in [0.25, 0.3) is 11.5 Å². The minimum absolute atomic E-state index is 0.191. The third kappa shape index (κ3) is 4.35. The number of carbonyl (C=O) groups excluding carboxylic acids is 2. The second-order valence-corrected chi connectivity index (χ2v) is 9.06. The number of thiophene rings is 1. The first-order valence-electron chi connectivity index (χ1n) is 9.75. The number of nitrogens with one attached hydrogen (secondary N) is 2. The Balaban J connectivity index is 1.60. The highest BCUT2D eigenvalue weighted by atomic mass is 79.9. The average Bonchev–Trinajstić information content (AvgIpc) is 3.11. The molecule has 9 heteroatoms. The van der Waals surface area contributed by atoms with Crippen molar-refractivity contribution < 1.29 is 9.59 Å². The van der Waals surface area contributed by atoms with Gasteiger partial charge in [-0.15, -0.1) is 11.3 Å². The van der Waals surface area contributed by atoms with Crippen LogP contribution in [0.25, 0.3) is 10.2 Å². The Bertz CT molecular complexity index is 1410. The zero-order valence-electron chi connectivity index (χ0n) is 17.3. The number of hydrogen-bond acceptors (Lipinski definition) is 5. The zero-order valence-corrected chi connectivity index (χ0v) is 19.7.